The van der Waals surface area contributed by atoms with Crippen LogP contribution in [0.1, 0.15) is 26.7 Å². The molecule has 0 aromatic heterocycles. The topological polar surface area (TPSA) is 32.8 Å². The number of carbonyl (C=O) groups is 1. The Labute approximate surface area is 97.5 Å². The Kier molecular flexibility index (Phi) is 3.22. The molecule has 2 rings (SSSR count). The second-order valence-electron chi connectivity index (χ2n) is 5.12. The summed E-state index contributed by atoms with van der Waals surface area (Å²) in [6, 6.07) is 0.578. The lowest BCUT2D eigenvalue weighted by atomic mass is 10.2. The SMILES string of the molecule is COC1(C(=O)N2CCN(C(C)C)CC2)CC1. The van der Waals surface area contributed by atoms with Crippen LogP contribution in [0.2, 0.25) is 0 Å². The van der Waals surface area contributed by atoms with Crippen molar-refractivity contribution in [3.05, 3.63) is 0 Å². The third kappa shape index (κ3) is 2.09. The summed E-state index contributed by atoms with van der Waals surface area (Å²) in [6.07, 6.45) is 1.79. The van der Waals surface area contributed by atoms with Gasteiger partial charge in [0.1, 0.15) is 5.60 Å². The highest BCUT2D eigenvalue weighted by Crippen LogP contribution is 2.40. The van der Waals surface area contributed by atoms with E-state index < -0.39 is 5.60 Å². The van der Waals surface area contributed by atoms with Gasteiger partial charge in [0.25, 0.3) is 5.91 Å². The van der Waals surface area contributed by atoms with Crippen LogP contribution >= 0.6 is 0 Å². The zero-order valence-corrected chi connectivity index (χ0v) is 10.5. The monoisotopic (exact) mass is 226 g/mol. The van der Waals surface area contributed by atoms with Gasteiger partial charge in [-0.15, -0.1) is 0 Å². The Morgan fingerprint density at radius 3 is 2.12 bits per heavy atom. The quantitative estimate of drug-likeness (QED) is 0.711. The molecule has 1 aliphatic heterocycles. The van der Waals surface area contributed by atoms with Gasteiger partial charge in [0.05, 0.1) is 0 Å². The average molecular weight is 226 g/mol. The van der Waals surface area contributed by atoms with E-state index in [1.165, 1.54) is 0 Å². The van der Waals surface area contributed by atoms with Crippen LogP contribution in [0.15, 0.2) is 0 Å². The summed E-state index contributed by atoms with van der Waals surface area (Å²) in [6.45, 7) is 8.08. The number of hydrogen-bond acceptors (Lipinski definition) is 3. The lowest BCUT2D eigenvalue weighted by Crippen LogP contribution is -2.53. The molecule has 92 valence electrons. The predicted molar refractivity (Wildman–Crippen MR) is 62.3 cm³/mol. The van der Waals surface area contributed by atoms with Crippen LogP contribution < -0.4 is 0 Å². The van der Waals surface area contributed by atoms with Crippen LogP contribution in [0.5, 0.6) is 0 Å². The molecular weight excluding hydrogens is 204 g/mol. The largest absolute Gasteiger partial charge is 0.368 e. The Morgan fingerprint density at radius 1 is 1.19 bits per heavy atom. The summed E-state index contributed by atoms with van der Waals surface area (Å²) >= 11 is 0. The molecular formula is C12H22N2O2. The predicted octanol–water partition coefficient (Wildman–Crippen LogP) is 0.718. The van der Waals surface area contributed by atoms with Gasteiger partial charge in [-0.05, 0) is 26.7 Å². The molecule has 1 saturated heterocycles. The van der Waals surface area contributed by atoms with Crippen LogP contribution in [-0.2, 0) is 9.53 Å². The van der Waals surface area contributed by atoms with Gasteiger partial charge >= 0.3 is 0 Å². The van der Waals surface area contributed by atoms with Gasteiger partial charge < -0.3 is 9.64 Å². The van der Waals surface area contributed by atoms with Crippen molar-refractivity contribution in [2.75, 3.05) is 33.3 Å². The van der Waals surface area contributed by atoms with E-state index in [2.05, 4.69) is 18.7 Å². The number of piperazine rings is 1. The van der Waals surface area contributed by atoms with Crippen molar-refractivity contribution >= 4 is 5.91 Å². The van der Waals surface area contributed by atoms with Gasteiger partial charge in [-0.3, -0.25) is 9.69 Å². The molecule has 0 aromatic rings. The zero-order valence-electron chi connectivity index (χ0n) is 10.5. The maximum Gasteiger partial charge on any atom is 0.254 e. The Hall–Kier alpha value is -0.610. The van der Waals surface area contributed by atoms with Crippen LogP contribution in [-0.4, -0.2) is 60.6 Å². The zero-order chi connectivity index (χ0) is 11.8. The molecule has 4 nitrogen and oxygen atoms in total. The Balaban J connectivity index is 1.87. The number of methoxy groups -OCH3 is 1. The highest BCUT2D eigenvalue weighted by atomic mass is 16.5. The summed E-state index contributed by atoms with van der Waals surface area (Å²) in [5, 5.41) is 0. The standard InChI is InChI=1S/C12H22N2O2/c1-10(2)13-6-8-14(9-7-13)11(15)12(16-3)4-5-12/h10H,4-9H2,1-3H3. The van der Waals surface area contributed by atoms with Crippen molar-refractivity contribution < 1.29 is 9.53 Å². The number of amides is 1. The molecule has 0 radical (unpaired) electrons. The minimum Gasteiger partial charge on any atom is -0.368 e. The van der Waals surface area contributed by atoms with Crippen LogP contribution in [0, 0.1) is 0 Å². The molecule has 0 N–H and O–H groups in total. The Bertz CT molecular complexity index is 266. The first kappa shape index (κ1) is 11.9. The maximum absolute atomic E-state index is 12.2. The Morgan fingerprint density at radius 2 is 1.75 bits per heavy atom. The van der Waals surface area contributed by atoms with Crippen molar-refractivity contribution in [1.29, 1.82) is 0 Å². The van der Waals surface area contributed by atoms with E-state index in [1.54, 1.807) is 7.11 Å². The highest BCUT2D eigenvalue weighted by Gasteiger charge is 2.52. The lowest BCUT2D eigenvalue weighted by molar-refractivity contribution is -0.146. The summed E-state index contributed by atoms with van der Waals surface area (Å²) in [7, 11) is 1.65. The molecule has 1 aliphatic carbocycles. The van der Waals surface area contributed by atoms with Gasteiger partial charge in [0, 0.05) is 39.3 Å². The van der Waals surface area contributed by atoms with Crippen molar-refractivity contribution in [2.24, 2.45) is 0 Å². The smallest absolute Gasteiger partial charge is 0.254 e. The van der Waals surface area contributed by atoms with Crippen molar-refractivity contribution in [2.45, 2.75) is 38.3 Å². The molecule has 1 saturated carbocycles. The van der Waals surface area contributed by atoms with Crippen LogP contribution in [0.25, 0.3) is 0 Å². The van der Waals surface area contributed by atoms with Crippen molar-refractivity contribution in [3.63, 3.8) is 0 Å². The number of ether oxygens (including phenoxy) is 1. The molecule has 0 unspecified atom stereocenters. The fraction of sp³-hybridized carbons (Fsp3) is 0.917. The number of rotatable bonds is 3. The second kappa shape index (κ2) is 4.34. The first-order valence-corrected chi connectivity index (χ1v) is 6.18. The van der Waals surface area contributed by atoms with Crippen molar-refractivity contribution in [1.82, 2.24) is 9.80 Å². The number of hydrogen-bond donors (Lipinski definition) is 0. The van der Waals surface area contributed by atoms with Gasteiger partial charge in [-0.25, -0.2) is 0 Å². The van der Waals surface area contributed by atoms with E-state index in [9.17, 15) is 4.79 Å². The maximum atomic E-state index is 12.2. The minimum absolute atomic E-state index is 0.207. The summed E-state index contributed by atoms with van der Waals surface area (Å²) in [5.74, 6) is 0.207. The molecule has 4 heteroatoms. The number of nitrogens with zero attached hydrogens (tertiary/aromatic N) is 2. The third-order valence-corrected chi connectivity index (χ3v) is 3.82. The normalized spacial score (nSPS) is 24.9. The van der Waals surface area contributed by atoms with Crippen LogP contribution in [0.4, 0.5) is 0 Å². The van der Waals surface area contributed by atoms with Gasteiger partial charge in [-0.2, -0.15) is 0 Å². The minimum atomic E-state index is -0.444. The van der Waals surface area contributed by atoms with E-state index in [4.69, 9.17) is 4.74 Å². The molecule has 0 aromatic carbocycles. The highest BCUT2D eigenvalue weighted by molar-refractivity contribution is 5.88. The first-order valence-electron chi connectivity index (χ1n) is 6.18. The molecule has 0 spiro atoms. The van der Waals surface area contributed by atoms with E-state index in [1.807, 2.05) is 4.90 Å². The van der Waals surface area contributed by atoms with E-state index in [-0.39, 0.29) is 5.91 Å². The molecule has 16 heavy (non-hydrogen) atoms. The van der Waals surface area contributed by atoms with E-state index in [0.29, 0.717) is 6.04 Å². The van der Waals surface area contributed by atoms with Gasteiger partial charge in [0.15, 0.2) is 0 Å². The van der Waals surface area contributed by atoms with Gasteiger partial charge in [0.2, 0.25) is 0 Å². The average Bonchev–Trinajstić information content (AvgIpc) is 3.09. The second-order valence-corrected chi connectivity index (χ2v) is 5.12. The molecule has 1 heterocycles. The molecule has 0 bridgehead atoms. The number of carbonyl (C=O) groups excluding carboxylic acids is 1. The van der Waals surface area contributed by atoms with E-state index >= 15 is 0 Å². The fourth-order valence-corrected chi connectivity index (χ4v) is 2.35. The summed E-state index contributed by atoms with van der Waals surface area (Å²) in [4.78, 5) is 16.6. The summed E-state index contributed by atoms with van der Waals surface area (Å²) < 4.78 is 5.33. The fourth-order valence-electron chi connectivity index (χ4n) is 2.35. The van der Waals surface area contributed by atoms with Crippen molar-refractivity contribution in [3.8, 4) is 0 Å². The first-order chi connectivity index (χ1) is 7.59. The van der Waals surface area contributed by atoms with Gasteiger partial charge in [-0.1, -0.05) is 0 Å². The van der Waals surface area contributed by atoms with E-state index in [0.717, 1.165) is 39.0 Å². The lowest BCUT2D eigenvalue weighted by Gasteiger charge is -2.38. The molecule has 2 aliphatic rings. The molecule has 2 fully saturated rings. The molecule has 1 amide bonds. The van der Waals surface area contributed by atoms with Crippen LogP contribution in [0.3, 0.4) is 0 Å². The molecule has 0 atom stereocenters. The summed E-state index contributed by atoms with van der Waals surface area (Å²) in [5.41, 5.74) is -0.444. The third-order valence-electron chi connectivity index (χ3n) is 3.82.